The number of carbonyl (C=O) groups excluding carboxylic acids is 1. The van der Waals surface area contributed by atoms with Gasteiger partial charge in [0.25, 0.3) is 0 Å². The Balaban J connectivity index is 2.12. The van der Waals surface area contributed by atoms with E-state index >= 15 is 0 Å². The van der Waals surface area contributed by atoms with Crippen LogP contribution in [0.25, 0.3) is 0 Å². The van der Waals surface area contributed by atoms with Gasteiger partial charge in [-0.1, -0.05) is 15.9 Å². The van der Waals surface area contributed by atoms with E-state index in [9.17, 15) is 14.0 Å². The fourth-order valence-electron chi connectivity index (χ4n) is 1.96. The number of aliphatic carboxylic acids is 1. The summed E-state index contributed by atoms with van der Waals surface area (Å²) in [5, 5.41) is 8.85. The van der Waals surface area contributed by atoms with E-state index in [0.717, 1.165) is 4.47 Å². The number of carboxylic acids is 1. The molecule has 0 aliphatic carbocycles. The van der Waals surface area contributed by atoms with Gasteiger partial charge in [-0.15, -0.1) is 0 Å². The van der Waals surface area contributed by atoms with Crippen LogP contribution in [0.1, 0.15) is 12.0 Å². The van der Waals surface area contributed by atoms with Crippen molar-refractivity contribution in [2.75, 3.05) is 6.54 Å². The Bertz CT molecular complexity index is 506. The average molecular weight is 316 g/mol. The maximum atomic E-state index is 13.5. The molecule has 1 fully saturated rings. The van der Waals surface area contributed by atoms with Gasteiger partial charge >= 0.3 is 5.97 Å². The second-order valence-electron chi connectivity index (χ2n) is 4.25. The Hall–Kier alpha value is -1.43. The number of carboxylic acid groups (broad SMARTS) is 1. The maximum absolute atomic E-state index is 13.5. The molecule has 96 valence electrons. The molecule has 1 heterocycles. The largest absolute Gasteiger partial charge is 0.481 e. The number of carbonyl (C=O) groups is 2. The number of halogens is 2. The van der Waals surface area contributed by atoms with Crippen molar-refractivity contribution < 1.29 is 19.1 Å². The molecule has 4 nitrogen and oxygen atoms in total. The van der Waals surface area contributed by atoms with Crippen molar-refractivity contribution in [2.24, 2.45) is 5.92 Å². The molecular formula is C12H11BrFNO3. The van der Waals surface area contributed by atoms with Gasteiger partial charge in [-0.25, -0.2) is 4.39 Å². The van der Waals surface area contributed by atoms with Crippen LogP contribution >= 0.6 is 15.9 Å². The zero-order valence-corrected chi connectivity index (χ0v) is 11.0. The molecule has 1 saturated heterocycles. The fourth-order valence-corrected chi connectivity index (χ4v) is 2.37. The first kappa shape index (κ1) is 13.0. The number of rotatable bonds is 3. The first-order valence-electron chi connectivity index (χ1n) is 5.42. The van der Waals surface area contributed by atoms with E-state index < -0.39 is 17.7 Å². The monoisotopic (exact) mass is 315 g/mol. The van der Waals surface area contributed by atoms with Gasteiger partial charge in [-0.2, -0.15) is 0 Å². The number of hydrogen-bond acceptors (Lipinski definition) is 2. The van der Waals surface area contributed by atoms with Crippen molar-refractivity contribution in [3.63, 3.8) is 0 Å². The third kappa shape index (κ3) is 2.69. The molecule has 0 saturated carbocycles. The predicted molar refractivity (Wildman–Crippen MR) is 65.3 cm³/mol. The van der Waals surface area contributed by atoms with E-state index in [4.69, 9.17) is 5.11 Å². The first-order valence-corrected chi connectivity index (χ1v) is 6.21. The molecule has 0 radical (unpaired) electrons. The van der Waals surface area contributed by atoms with Gasteiger partial charge in [0.2, 0.25) is 5.91 Å². The highest BCUT2D eigenvalue weighted by atomic mass is 79.9. The highest BCUT2D eigenvalue weighted by molar-refractivity contribution is 9.10. The smallest absolute Gasteiger partial charge is 0.308 e. The Labute approximate surface area is 112 Å². The van der Waals surface area contributed by atoms with E-state index in [2.05, 4.69) is 15.9 Å². The average Bonchev–Trinajstić information content (AvgIpc) is 2.66. The standard InChI is InChI=1S/C12H11BrFNO3/c13-9-1-2-10(14)7(3-9)5-15-6-8(12(17)18)4-11(15)16/h1-3,8H,4-6H2,(H,17,18). The molecule has 0 aromatic heterocycles. The van der Waals surface area contributed by atoms with Crippen LogP contribution in [0, 0.1) is 11.7 Å². The Morgan fingerprint density at radius 3 is 2.89 bits per heavy atom. The molecular weight excluding hydrogens is 305 g/mol. The third-order valence-electron chi connectivity index (χ3n) is 2.93. The summed E-state index contributed by atoms with van der Waals surface area (Å²) in [6, 6.07) is 4.48. The second kappa shape index (κ2) is 5.06. The van der Waals surface area contributed by atoms with Crippen molar-refractivity contribution >= 4 is 27.8 Å². The predicted octanol–water partition coefficient (Wildman–Crippen LogP) is 2.02. The van der Waals surface area contributed by atoms with E-state index in [1.807, 2.05) is 0 Å². The van der Waals surface area contributed by atoms with E-state index in [0.29, 0.717) is 5.56 Å². The van der Waals surface area contributed by atoms with Gasteiger partial charge in [0, 0.05) is 29.5 Å². The number of amides is 1. The minimum Gasteiger partial charge on any atom is -0.481 e. The van der Waals surface area contributed by atoms with Gasteiger partial charge < -0.3 is 10.0 Å². The summed E-state index contributed by atoms with van der Waals surface area (Å²) in [4.78, 5) is 23.8. The van der Waals surface area contributed by atoms with Gasteiger partial charge in [0.1, 0.15) is 5.82 Å². The Morgan fingerprint density at radius 1 is 1.56 bits per heavy atom. The molecule has 0 spiro atoms. The lowest BCUT2D eigenvalue weighted by Crippen LogP contribution is -2.26. The lowest BCUT2D eigenvalue weighted by Gasteiger charge is -2.16. The van der Waals surface area contributed by atoms with Crippen LogP contribution < -0.4 is 0 Å². The summed E-state index contributed by atoms with van der Waals surface area (Å²) in [7, 11) is 0. The summed E-state index contributed by atoms with van der Waals surface area (Å²) >= 11 is 3.23. The summed E-state index contributed by atoms with van der Waals surface area (Å²) in [6.45, 7) is 0.244. The number of likely N-dealkylation sites (tertiary alicyclic amines) is 1. The van der Waals surface area contributed by atoms with Crippen molar-refractivity contribution in [3.8, 4) is 0 Å². The Kier molecular flexibility index (Phi) is 3.65. The molecule has 1 N–H and O–H groups in total. The minimum atomic E-state index is -0.986. The Morgan fingerprint density at radius 2 is 2.28 bits per heavy atom. The van der Waals surface area contributed by atoms with Gasteiger partial charge in [-0.3, -0.25) is 9.59 Å². The molecule has 1 amide bonds. The van der Waals surface area contributed by atoms with E-state index in [1.54, 1.807) is 12.1 Å². The number of benzene rings is 1. The van der Waals surface area contributed by atoms with E-state index in [-0.39, 0.29) is 25.4 Å². The molecule has 0 bridgehead atoms. The molecule has 1 aromatic carbocycles. The summed E-state index contributed by atoms with van der Waals surface area (Å²) in [6.07, 6.45) is -0.00897. The zero-order valence-electron chi connectivity index (χ0n) is 9.40. The molecule has 1 aliphatic heterocycles. The first-order chi connectivity index (χ1) is 8.47. The highest BCUT2D eigenvalue weighted by Gasteiger charge is 2.34. The summed E-state index contributed by atoms with van der Waals surface area (Å²) < 4.78 is 14.3. The molecule has 18 heavy (non-hydrogen) atoms. The van der Waals surface area contributed by atoms with Crippen molar-refractivity contribution in [1.29, 1.82) is 0 Å². The molecule has 1 aromatic rings. The van der Waals surface area contributed by atoms with E-state index in [1.165, 1.54) is 11.0 Å². The van der Waals surface area contributed by atoms with Crippen LogP contribution in [0.3, 0.4) is 0 Å². The van der Waals surface area contributed by atoms with Gasteiger partial charge in [0.15, 0.2) is 0 Å². The van der Waals surface area contributed by atoms with Crippen molar-refractivity contribution in [1.82, 2.24) is 4.90 Å². The maximum Gasteiger partial charge on any atom is 0.308 e. The van der Waals surface area contributed by atoms with Crippen molar-refractivity contribution in [3.05, 3.63) is 34.1 Å². The zero-order chi connectivity index (χ0) is 13.3. The van der Waals surface area contributed by atoms with Crippen LogP contribution in [-0.4, -0.2) is 28.4 Å². The third-order valence-corrected chi connectivity index (χ3v) is 3.43. The molecule has 2 rings (SSSR count). The number of nitrogens with zero attached hydrogens (tertiary/aromatic N) is 1. The minimum absolute atomic E-state index is 0.00897. The molecule has 1 aliphatic rings. The normalized spacial score (nSPS) is 19.3. The van der Waals surface area contributed by atoms with Gasteiger partial charge in [-0.05, 0) is 18.2 Å². The second-order valence-corrected chi connectivity index (χ2v) is 5.16. The lowest BCUT2D eigenvalue weighted by molar-refractivity contribution is -0.141. The molecule has 6 heteroatoms. The van der Waals surface area contributed by atoms with Crippen LogP contribution in [0.5, 0.6) is 0 Å². The number of hydrogen-bond donors (Lipinski definition) is 1. The van der Waals surface area contributed by atoms with Crippen LogP contribution in [-0.2, 0) is 16.1 Å². The molecule has 1 unspecified atom stereocenters. The van der Waals surface area contributed by atoms with Crippen LogP contribution in [0.15, 0.2) is 22.7 Å². The lowest BCUT2D eigenvalue weighted by atomic mass is 10.1. The van der Waals surface area contributed by atoms with Crippen LogP contribution in [0.2, 0.25) is 0 Å². The van der Waals surface area contributed by atoms with Gasteiger partial charge in [0.05, 0.1) is 5.92 Å². The van der Waals surface area contributed by atoms with Crippen LogP contribution in [0.4, 0.5) is 4.39 Å². The fraction of sp³-hybridized carbons (Fsp3) is 0.333. The molecule has 1 atom stereocenters. The topological polar surface area (TPSA) is 57.6 Å². The summed E-state index contributed by atoms with van der Waals surface area (Å²) in [5.41, 5.74) is 0.378. The summed E-state index contributed by atoms with van der Waals surface area (Å²) in [5.74, 6) is -2.32. The SMILES string of the molecule is O=C(O)C1CC(=O)N(Cc2cc(Br)ccc2F)C1. The highest BCUT2D eigenvalue weighted by Crippen LogP contribution is 2.23. The quantitative estimate of drug-likeness (QED) is 0.928. The van der Waals surface area contributed by atoms with Crippen molar-refractivity contribution in [2.45, 2.75) is 13.0 Å².